The van der Waals surface area contributed by atoms with Crippen LogP contribution >= 0.6 is 0 Å². The molecule has 0 saturated heterocycles. The second kappa shape index (κ2) is 4.99. The van der Waals surface area contributed by atoms with Crippen LogP contribution in [0.3, 0.4) is 0 Å². The fourth-order valence-corrected chi connectivity index (χ4v) is 1.84. The molecule has 0 aliphatic heterocycles. The van der Waals surface area contributed by atoms with Crippen LogP contribution in [0.15, 0.2) is 30.6 Å². The van der Waals surface area contributed by atoms with Crippen molar-refractivity contribution in [3.8, 4) is 0 Å². The molecule has 1 amide bonds. The maximum absolute atomic E-state index is 11.9. The zero-order valence-electron chi connectivity index (χ0n) is 10.2. The zero-order valence-corrected chi connectivity index (χ0v) is 10.2. The minimum absolute atomic E-state index is 0.0289. The lowest BCUT2D eigenvalue weighted by atomic mass is 10.1. The number of amides is 1. The molecule has 0 aliphatic carbocycles. The molecular formula is C13H17N3O. The van der Waals surface area contributed by atoms with Crippen molar-refractivity contribution < 1.29 is 4.79 Å². The van der Waals surface area contributed by atoms with Gasteiger partial charge in [-0.05, 0) is 18.6 Å². The van der Waals surface area contributed by atoms with Gasteiger partial charge in [0.2, 0.25) is 5.91 Å². The van der Waals surface area contributed by atoms with Gasteiger partial charge >= 0.3 is 0 Å². The van der Waals surface area contributed by atoms with E-state index >= 15 is 0 Å². The van der Waals surface area contributed by atoms with Gasteiger partial charge in [0.05, 0.1) is 11.0 Å². The first-order chi connectivity index (χ1) is 8.22. The predicted molar refractivity (Wildman–Crippen MR) is 68.2 cm³/mol. The smallest absolute Gasteiger partial charge is 0.241 e. The fourth-order valence-electron chi connectivity index (χ4n) is 1.84. The SMILES string of the molecule is CCCC(C)C(=O)Nn1cnc2ccccc21. The average Bonchev–Trinajstić information content (AvgIpc) is 2.73. The van der Waals surface area contributed by atoms with E-state index < -0.39 is 0 Å². The highest BCUT2D eigenvalue weighted by atomic mass is 16.2. The Morgan fingerprint density at radius 1 is 1.47 bits per heavy atom. The van der Waals surface area contributed by atoms with Gasteiger partial charge in [0.15, 0.2) is 0 Å². The minimum atomic E-state index is 0.0289. The van der Waals surface area contributed by atoms with E-state index in [2.05, 4.69) is 17.3 Å². The number of carbonyl (C=O) groups excluding carboxylic acids is 1. The Kier molecular flexibility index (Phi) is 3.42. The van der Waals surface area contributed by atoms with E-state index in [9.17, 15) is 4.79 Å². The number of imidazole rings is 1. The van der Waals surface area contributed by atoms with E-state index in [1.165, 1.54) is 0 Å². The molecule has 0 fully saturated rings. The Morgan fingerprint density at radius 2 is 2.24 bits per heavy atom. The first-order valence-corrected chi connectivity index (χ1v) is 5.95. The van der Waals surface area contributed by atoms with Crippen LogP contribution in [-0.2, 0) is 4.79 Å². The van der Waals surface area contributed by atoms with Crippen LogP contribution in [0, 0.1) is 5.92 Å². The van der Waals surface area contributed by atoms with Crippen LogP contribution in [0.4, 0.5) is 0 Å². The standard InChI is InChI=1S/C13H17N3O/c1-3-6-10(2)13(17)15-16-9-14-11-7-4-5-8-12(11)16/h4-5,7-10H,3,6H2,1-2H3,(H,15,17). The molecule has 0 bridgehead atoms. The molecule has 1 atom stereocenters. The molecule has 1 heterocycles. The van der Waals surface area contributed by atoms with Crippen LogP contribution in [0.5, 0.6) is 0 Å². The highest BCUT2D eigenvalue weighted by Crippen LogP contribution is 2.11. The Bertz CT molecular complexity index is 518. The maximum atomic E-state index is 11.9. The highest BCUT2D eigenvalue weighted by molar-refractivity contribution is 5.87. The summed E-state index contributed by atoms with van der Waals surface area (Å²) in [7, 11) is 0. The predicted octanol–water partition coefficient (Wildman–Crippen LogP) is 2.54. The summed E-state index contributed by atoms with van der Waals surface area (Å²) in [6.45, 7) is 4.02. The van der Waals surface area contributed by atoms with Crippen molar-refractivity contribution in [1.82, 2.24) is 9.66 Å². The van der Waals surface area contributed by atoms with Crippen molar-refractivity contribution in [3.63, 3.8) is 0 Å². The van der Waals surface area contributed by atoms with E-state index in [1.807, 2.05) is 31.2 Å². The number of hydrogen-bond donors (Lipinski definition) is 1. The fraction of sp³-hybridized carbons (Fsp3) is 0.385. The molecule has 17 heavy (non-hydrogen) atoms. The van der Waals surface area contributed by atoms with Crippen LogP contribution in [-0.4, -0.2) is 15.6 Å². The molecule has 1 N–H and O–H groups in total. The van der Waals surface area contributed by atoms with Crippen LogP contribution in [0.1, 0.15) is 26.7 Å². The summed E-state index contributed by atoms with van der Waals surface area (Å²) in [6.07, 6.45) is 3.55. The van der Waals surface area contributed by atoms with E-state index in [0.29, 0.717) is 0 Å². The van der Waals surface area contributed by atoms with Gasteiger partial charge in [0.25, 0.3) is 0 Å². The molecule has 1 aromatic heterocycles. The zero-order chi connectivity index (χ0) is 12.3. The van der Waals surface area contributed by atoms with Crippen molar-refractivity contribution in [2.45, 2.75) is 26.7 Å². The summed E-state index contributed by atoms with van der Waals surface area (Å²) in [5.41, 5.74) is 4.67. The number of aromatic nitrogens is 2. The number of benzene rings is 1. The molecule has 0 radical (unpaired) electrons. The second-order valence-electron chi connectivity index (χ2n) is 4.27. The maximum Gasteiger partial charge on any atom is 0.241 e. The minimum Gasteiger partial charge on any atom is -0.273 e. The molecule has 1 aromatic carbocycles. The van der Waals surface area contributed by atoms with E-state index in [1.54, 1.807) is 11.0 Å². The van der Waals surface area contributed by atoms with Crippen LogP contribution in [0.2, 0.25) is 0 Å². The van der Waals surface area contributed by atoms with Crippen molar-refractivity contribution in [1.29, 1.82) is 0 Å². The number of rotatable bonds is 4. The molecule has 2 rings (SSSR count). The summed E-state index contributed by atoms with van der Waals surface area (Å²) in [6, 6.07) is 7.73. The number of nitrogens with zero attached hydrogens (tertiary/aromatic N) is 2. The topological polar surface area (TPSA) is 46.9 Å². The van der Waals surface area contributed by atoms with Gasteiger partial charge in [-0.2, -0.15) is 0 Å². The van der Waals surface area contributed by atoms with Crippen molar-refractivity contribution in [3.05, 3.63) is 30.6 Å². The van der Waals surface area contributed by atoms with Gasteiger partial charge in [-0.25, -0.2) is 9.66 Å². The molecule has 0 spiro atoms. The molecule has 4 nitrogen and oxygen atoms in total. The second-order valence-corrected chi connectivity index (χ2v) is 4.27. The molecule has 0 aliphatic rings. The molecule has 90 valence electrons. The third kappa shape index (κ3) is 2.46. The Hall–Kier alpha value is -1.84. The highest BCUT2D eigenvalue weighted by Gasteiger charge is 2.12. The quantitative estimate of drug-likeness (QED) is 0.879. The van der Waals surface area contributed by atoms with Gasteiger partial charge < -0.3 is 0 Å². The van der Waals surface area contributed by atoms with Gasteiger partial charge in [-0.15, -0.1) is 0 Å². The summed E-state index contributed by atoms with van der Waals surface area (Å²) in [4.78, 5) is 16.1. The Balaban J connectivity index is 2.16. The summed E-state index contributed by atoms with van der Waals surface area (Å²) in [5.74, 6) is 0.0659. The van der Waals surface area contributed by atoms with E-state index in [0.717, 1.165) is 23.9 Å². The molecular weight excluding hydrogens is 214 g/mol. The largest absolute Gasteiger partial charge is 0.273 e. The van der Waals surface area contributed by atoms with Gasteiger partial charge in [0.1, 0.15) is 6.33 Å². The van der Waals surface area contributed by atoms with Crippen molar-refractivity contribution in [2.75, 3.05) is 5.43 Å². The van der Waals surface area contributed by atoms with E-state index in [4.69, 9.17) is 0 Å². The Labute approximate surface area is 101 Å². The van der Waals surface area contributed by atoms with E-state index in [-0.39, 0.29) is 11.8 Å². The van der Waals surface area contributed by atoms with Gasteiger partial charge in [-0.1, -0.05) is 32.4 Å². The Morgan fingerprint density at radius 3 is 3.00 bits per heavy atom. The average molecular weight is 231 g/mol. The number of hydrogen-bond acceptors (Lipinski definition) is 2. The molecule has 4 heteroatoms. The number of para-hydroxylation sites is 2. The lowest BCUT2D eigenvalue weighted by Crippen LogP contribution is -2.27. The third-order valence-corrected chi connectivity index (χ3v) is 2.85. The van der Waals surface area contributed by atoms with Crippen LogP contribution in [0.25, 0.3) is 11.0 Å². The van der Waals surface area contributed by atoms with Crippen molar-refractivity contribution in [2.24, 2.45) is 5.92 Å². The molecule has 0 saturated carbocycles. The number of nitrogens with one attached hydrogen (secondary N) is 1. The van der Waals surface area contributed by atoms with Gasteiger partial charge in [0, 0.05) is 5.92 Å². The first kappa shape index (κ1) is 11.6. The number of carbonyl (C=O) groups is 1. The summed E-state index contributed by atoms with van der Waals surface area (Å²) >= 11 is 0. The van der Waals surface area contributed by atoms with Crippen molar-refractivity contribution >= 4 is 16.9 Å². The normalized spacial score (nSPS) is 12.6. The molecule has 2 aromatic rings. The van der Waals surface area contributed by atoms with Gasteiger partial charge in [-0.3, -0.25) is 10.2 Å². The van der Waals surface area contributed by atoms with Crippen LogP contribution < -0.4 is 5.43 Å². The molecule has 1 unspecified atom stereocenters. The summed E-state index contributed by atoms with van der Waals surface area (Å²) < 4.78 is 1.68. The monoisotopic (exact) mass is 231 g/mol. The third-order valence-electron chi connectivity index (χ3n) is 2.85. The lowest BCUT2D eigenvalue weighted by Gasteiger charge is -2.12. The first-order valence-electron chi connectivity index (χ1n) is 5.95. The number of fused-ring (bicyclic) bond motifs is 1. The lowest BCUT2D eigenvalue weighted by molar-refractivity contribution is -0.120. The summed E-state index contributed by atoms with van der Waals surface area (Å²) in [5, 5.41) is 0.